The molecule has 0 N–H and O–H groups in total. The Morgan fingerprint density at radius 2 is 1.06 bits per heavy atom. The van der Waals surface area contributed by atoms with E-state index < -0.39 is 20.2 Å². The van der Waals surface area contributed by atoms with Gasteiger partial charge in [0.2, 0.25) is 0 Å². The van der Waals surface area contributed by atoms with E-state index in [-0.39, 0.29) is 15.5 Å². The third-order valence-electron chi connectivity index (χ3n) is 9.52. The smallest absolute Gasteiger partial charge is 0.340 e. The summed E-state index contributed by atoms with van der Waals surface area (Å²) >= 11 is 0. The van der Waals surface area contributed by atoms with E-state index in [0.717, 1.165) is 38.2 Å². The van der Waals surface area contributed by atoms with Gasteiger partial charge in [-0.1, -0.05) is 115 Å². The fraction of sp³-hybridized carbons (Fsp3) is 0.0952. The molecule has 0 radical (unpaired) electrons. The third kappa shape index (κ3) is 5.75. The Morgan fingerprint density at radius 3 is 1.74 bits per heavy atom. The number of rotatable bonds is 7. The van der Waals surface area contributed by atoms with Crippen LogP contribution in [0.4, 0.5) is 0 Å². The summed E-state index contributed by atoms with van der Waals surface area (Å²) in [5.41, 5.74) is 4.91. The van der Waals surface area contributed by atoms with E-state index in [4.69, 9.17) is 4.18 Å². The van der Waals surface area contributed by atoms with Crippen molar-refractivity contribution in [2.45, 2.75) is 35.5 Å². The molecule has 0 heterocycles. The molecule has 1 aliphatic carbocycles. The van der Waals surface area contributed by atoms with Crippen LogP contribution < -0.4 is 4.18 Å². The van der Waals surface area contributed by atoms with Gasteiger partial charge in [-0.15, -0.1) is 0 Å². The zero-order chi connectivity index (χ0) is 34.5. The summed E-state index contributed by atoms with van der Waals surface area (Å²) < 4.78 is 72.4. The van der Waals surface area contributed by atoms with Crippen LogP contribution in [0.25, 0.3) is 54.9 Å². The Hall–Kier alpha value is -5.28. The van der Waals surface area contributed by atoms with Crippen molar-refractivity contribution in [3.63, 3.8) is 0 Å². The lowest BCUT2D eigenvalue weighted by Gasteiger charge is -2.24. The maximum Gasteiger partial charge on any atom is 0.340 e. The van der Waals surface area contributed by atoms with Gasteiger partial charge in [0.05, 0.1) is 4.90 Å². The minimum absolute atomic E-state index is 0.00544. The molecule has 0 saturated heterocycles. The first-order valence-corrected chi connectivity index (χ1v) is 19.3. The summed E-state index contributed by atoms with van der Waals surface area (Å²) in [6.07, 6.45) is 2.14. The van der Waals surface area contributed by atoms with Gasteiger partial charge in [-0.05, 0) is 99.3 Å². The van der Waals surface area contributed by atoms with E-state index in [1.54, 1.807) is 0 Å². The van der Waals surface area contributed by atoms with Crippen molar-refractivity contribution in [3.05, 3.63) is 151 Å². The second-order valence-electron chi connectivity index (χ2n) is 12.5. The molecule has 0 fully saturated rings. The minimum atomic E-state index is -4.77. The highest BCUT2D eigenvalue weighted by Crippen LogP contribution is 2.45. The molecule has 50 heavy (non-hydrogen) atoms. The Morgan fingerprint density at radius 1 is 0.500 bits per heavy atom. The number of benzene rings is 7. The molecular formula is C42H31O6S2-. The molecule has 7 aromatic rings. The molecule has 0 aromatic heterocycles. The lowest BCUT2D eigenvalue weighted by molar-refractivity contribution is 0.459. The largest absolute Gasteiger partial charge is 0.744 e. The van der Waals surface area contributed by atoms with Crippen LogP contribution in [-0.2, 0) is 33.1 Å². The highest BCUT2D eigenvalue weighted by Gasteiger charge is 2.31. The molecule has 248 valence electrons. The van der Waals surface area contributed by atoms with Crippen molar-refractivity contribution in [1.29, 1.82) is 0 Å². The first-order valence-electron chi connectivity index (χ1n) is 16.4. The van der Waals surface area contributed by atoms with Gasteiger partial charge >= 0.3 is 10.1 Å². The van der Waals surface area contributed by atoms with E-state index in [9.17, 15) is 21.4 Å². The Balaban J connectivity index is 1.44. The van der Waals surface area contributed by atoms with Crippen LogP contribution in [0.1, 0.15) is 24.0 Å². The van der Waals surface area contributed by atoms with Crippen LogP contribution in [0, 0.1) is 0 Å². The molecule has 0 spiro atoms. The van der Waals surface area contributed by atoms with E-state index >= 15 is 0 Å². The molecule has 0 atom stereocenters. The Bertz CT molecular complexity index is 2660. The fourth-order valence-electron chi connectivity index (χ4n) is 7.30. The van der Waals surface area contributed by atoms with Gasteiger partial charge < -0.3 is 8.74 Å². The van der Waals surface area contributed by atoms with Gasteiger partial charge in [-0.3, -0.25) is 0 Å². The van der Waals surface area contributed by atoms with Gasteiger partial charge in [0.15, 0.2) is 0 Å². The highest BCUT2D eigenvalue weighted by molar-refractivity contribution is 7.87. The first-order chi connectivity index (χ1) is 24.2. The molecule has 7 aromatic carbocycles. The molecule has 8 heteroatoms. The zero-order valence-corrected chi connectivity index (χ0v) is 28.5. The monoisotopic (exact) mass is 695 g/mol. The number of hydrogen-bond donors (Lipinski definition) is 0. The van der Waals surface area contributed by atoms with Gasteiger partial charge in [-0.2, -0.15) is 8.42 Å². The summed E-state index contributed by atoms with van der Waals surface area (Å²) in [7, 11) is -9.36. The van der Waals surface area contributed by atoms with E-state index in [2.05, 4.69) is 18.2 Å². The van der Waals surface area contributed by atoms with Gasteiger partial charge in [0.25, 0.3) is 0 Å². The van der Waals surface area contributed by atoms with Gasteiger partial charge in [-0.25, -0.2) is 8.42 Å². The summed E-state index contributed by atoms with van der Waals surface area (Å²) in [4.78, 5) is -0.327. The minimum Gasteiger partial charge on any atom is -0.744 e. The van der Waals surface area contributed by atoms with Crippen LogP contribution in [0.5, 0.6) is 5.75 Å². The lowest BCUT2D eigenvalue weighted by atomic mass is 9.89. The Kier molecular flexibility index (Phi) is 8.02. The predicted molar refractivity (Wildman–Crippen MR) is 197 cm³/mol. The maximum absolute atomic E-state index is 15.0. The molecule has 1 aliphatic rings. The molecule has 0 bridgehead atoms. The van der Waals surface area contributed by atoms with Gasteiger partial charge in [0, 0.05) is 16.7 Å². The van der Waals surface area contributed by atoms with E-state index in [1.807, 2.05) is 109 Å². The van der Waals surface area contributed by atoms with Crippen LogP contribution in [0.15, 0.2) is 149 Å². The van der Waals surface area contributed by atoms with Crippen molar-refractivity contribution in [2.24, 2.45) is 0 Å². The average molecular weight is 696 g/mol. The second-order valence-corrected chi connectivity index (χ2v) is 15.4. The second kappa shape index (κ2) is 12.6. The zero-order valence-electron chi connectivity index (χ0n) is 26.9. The molecule has 6 nitrogen and oxygen atoms in total. The van der Waals surface area contributed by atoms with Crippen LogP contribution in [-0.4, -0.2) is 21.4 Å². The van der Waals surface area contributed by atoms with Crippen molar-refractivity contribution >= 4 is 41.8 Å². The molecule has 0 aliphatic heterocycles. The topological polar surface area (TPSA) is 101 Å². The first kappa shape index (κ1) is 32.0. The number of fused-ring (bicyclic) bond motifs is 3. The van der Waals surface area contributed by atoms with Crippen molar-refractivity contribution < 1.29 is 25.6 Å². The van der Waals surface area contributed by atoms with E-state index in [0.29, 0.717) is 53.5 Å². The fourth-order valence-corrected chi connectivity index (χ4v) is 9.42. The summed E-state index contributed by atoms with van der Waals surface area (Å²) in [6.45, 7) is 0. The van der Waals surface area contributed by atoms with E-state index in [1.165, 1.54) is 12.1 Å². The number of hydrogen-bond acceptors (Lipinski definition) is 6. The molecular weight excluding hydrogens is 665 g/mol. The summed E-state index contributed by atoms with van der Waals surface area (Å²) in [5.74, 6) is 0.0353. The SMILES string of the molecule is O=S(=O)([O-])c1ccc(OS(=O)(=O)c2c(-c3ccccc3)cc(-c3cccc4ccccc34)cc2-c2cccc3ccccc23)c2c1CCCC2. The van der Waals surface area contributed by atoms with Crippen LogP contribution >= 0.6 is 0 Å². The van der Waals surface area contributed by atoms with Crippen LogP contribution in [0.2, 0.25) is 0 Å². The maximum atomic E-state index is 15.0. The molecule has 0 amide bonds. The summed E-state index contributed by atoms with van der Waals surface area (Å²) in [6, 6.07) is 43.6. The third-order valence-corrected chi connectivity index (χ3v) is 11.8. The van der Waals surface area contributed by atoms with Crippen LogP contribution in [0.3, 0.4) is 0 Å². The normalized spacial score (nSPS) is 13.3. The van der Waals surface area contributed by atoms with Crippen molar-refractivity contribution in [3.8, 4) is 39.1 Å². The quantitative estimate of drug-likeness (QED) is 0.122. The van der Waals surface area contributed by atoms with Gasteiger partial charge in [0.1, 0.15) is 20.8 Å². The average Bonchev–Trinajstić information content (AvgIpc) is 3.13. The lowest BCUT2D eigenvalue weighted by Crippen LogP contribution is -2.17. The highest BCUT2D eigenvalue weighted by atomic mass is 32.2. The molecule has 0 unspecified atom stereocenters. The molecule has 8 rings (SSSR count). The predicted octanol–water partition coefficient (Wildman–Crippen LogP) is 9.54. The van der Waals surface area contributed by atoms with Crippen molar-refractivity contribution in [2.75, 3.05) is 0 Å². The molecule has 0 saturated carbocycles. The Labute approximate surface area is 291 Å². The standard InChI is InChI=1S/C42H32O6S2/c43-49(44,45)41-25-24-40(36-20-8-9-21-37(36)41)48-50(46,47)42-38(30-12-2-1-3-13-30)26-31(34-22-10-16-28-14-4-6-18-32(28)34)27-39(42)35-23-11-17-29-15-5-7-19-33(29)35/h1-7,10-19,22-27H,8-9,20-21H2,(H,43,44,45)/p-1. The summed E-state index contributed by atoms with van der Waals surface area (Å²) in [5, 5.41) is 3.92. The van der Waals surface area contributed by atoms with Crippen molar-refractivity contribution in [1.82, 2.24) is 0 Å².